The molecule has 0 aliphatic heterocycles. The molecule has 0 unspecified atom stereocenters. The number of nitrogens with two attached hydrogens (primary N) is 1. The molecule has 1 aliphatic rings. The molecule has 0 heterocycles. The van der Waals surface area contributed by atoms with Crippen LogP contribution in [0.1, 0.15) is 45.1 Å². The lowest BCUT2D eigenvalue weighted by atomic mass is 9.65. The lowest BCUT2D eigenvalue weighted by molar-refractivity contribution is 0.132. The van der Waals surface area contributed by atoms with Crippen LogP contribution in [0, 0.1) is 17.3 Å². The molecule has 1 saturated carbocycles. The van der Waals surface area contributed by atoms with Crippen molar-refractivity contribution < 1.29 is 4.74 Å². The minimum absolute atomic E-state index is 0.278. The maximum Gasteiger partial charge on any atom is 0.122 e. The highest BCUT2D eigenvalue weighted by molar-refractivity contribution is 5.34. The predicted molar refractivity (Wildman–Crippen MR) is 85.0 cm³/mol. The Balaban J connectivity index is 2.09. The highest BCUT2D eigenvalue weighted by atomic mass is 16.5. The molecule has 0 aromatic heterocycles. The van der Waals surface area contributed by atoms with Gasteiger partial charge in [0.05, 0.1) is 7.11 Å². The molecule has 2 rings (SSSR count). The SMILES string of the molecule is COc1ccccc1CC1(CN)CCC(C(C)C)CC1. The minimum Gasteiger partial charge on any atom is -0.496 e. The van der Waals surface area contributed by atoms with Gasteiger partial charge < -0.3 is 10.5 Å². The molecular formula is C18H29NO. The van der Waals surface area contributed by atoms with E-state index in [9.17, 15) is 0 Å². The molecule has 0 spiro atoms. The quantitative estimate of drug-likeness (QED) is 0.880. The van der Waals surface area contributed by atoms with Crippen LogP contribution in [0.4, 0.5) is 0 Å². The second kappa shape index (κ2) is 6.62. The minimum atomic E-state index is 0.278. The zero-order chi connectivity index (χ0) is 14.6. The summed E-state index contributed by atoms with van der Waals surface area (Å²) in [6.07, 6.45) is 6.21. The summed E-state index contributed by atoms with van der Waals surface area (Å²) in [5.74, 6) is 2.69. The summed E-state index contributed by atoms with van der Waals surface area (Å²) in [4.78, 5) is 0. The lowest BCUT2D eigenvalue weighted by Gasteiger charge is -2.41. The Labute approximate surface area is 123 Å². The fourth-order valence-electron chi connectivity index (χ4n) is 3.63. The molecule has 2 heteroatoms. The number of benzene rings is 1. The molecule has 1 aliphatic carbocycles. The van der Waals surface area contributed by atoms with Crippen molar-refractivity contribution in [2.75, 3.05) is 13.7 Å². The van der Waals surface area contributed by atoms with Crippen LogP contribution in [0.15, 0.2) is 24.3 Å². The van der Waals surface area contributed by atoms with Gasteiger partial charge in [0, 0.05) is 0 Å². The molecule has 2 nitrogen and oxygen atoms in total. The van der Waals surface area contributed by atoms with Gasteiger partial charge in [-0.2, -0.15) is 0 Å². The van der Waals surface area contributed by atoms with E-state index in [-0.39, 0.29) is 5.41 Å². The van der Waals surface area contributed by atoms with Crippen LogP contribution in [0.3, 0.4) is 0 Å². The van der Waals surface area contributed by atoms with Crippen molar-refractivity contribution in [2.45, 2.75) is 46.0 Å². The van der Waals surface area contributed by atoms with Gasteiger partial charge in [-0.15, -0.1) is 0 Å². The fraction of sp³-hybridized carbons (Fsp3) is 0.667. The molecule has 1 aromatic rings. The van der Waals surface area contributed by atoms with Gasteiger partial charge in [-0.05, 0) is 67.5 Å². The van der Waals surface area contributed by atoms with Gasteiger partial charge in [-0.1, -0.05) is 32.0 Å². The van der Waals surface area contributed by atoms with Crippen LogP contribution >= 0.6 is 0 Å². The molecule has 112 valence electrons. The van der Waals surface area contributed by atoms with Gasteiger partial charge in [0.2, 0.25) is 0 Å². The zero-order valence-corrected chi connectivity index (χ0v) is 13.2. The topological polar surface area (TPSA) is 35.2 Å². The van der Waals surface area contributed by atoms with Crippen LogP contribution in [0.25, 0.3) is 0 Å². The third kappa shape index (κ3) is 3.35. The molecule has 1 fully saturated rings. The largest absolute Gasteiger partial charge is 0.496 e. The summed E-state index contributed by atoms with van der Waals surface area (Å²) < 4.78 is 5.49. The summed E-state index contributed by atoms with van der Waals surface area (Å²) >= 11 is 0. The fourth-order valence-corrected chi connectivity index (χ4v) is 3.63. The molecule has 2 N–H and O–H groups in total. The second-order valence-electron chi connectivity index (χ2n) is 6.77. The molecule has 0 atom stereocenters. The number of rotatable bonds is 5. The Morgan fingerprint density at radius 2 is 1.90 bits per heavy atom. The Hall–Kier alpha value is -1.02. The van der Waals surface area contributed by atoms with Crippen molar-refractivity contribution in [1.82, 2.24) is 0 Å². The van der Waals surface area contributed by atoms with Crippen LogP contribution in [0.5, 0.6) is 5.75 Å². The second-order valence-corrected chi connectivity index (χ2v) is 6.77. The normalized spacial score (nSPS) is 26.8. The van der Waals surface area contributed by atoms with Crippen molar-refractivity contribution >= 4 is 0 Å². The van der Waals surface area contributed by atoms with Crippen molar-refractivity contribution in [3.63, 3.8) is 0 Å². The smallest absolute Gasteiger partial charge is 0.122 e. The first-order valence-corrected chi connectivity index (χ1v) is 7.92. The molecule has 20 heavy (non-hydrogen) atoms. The van der Waals surface area contributed by atoms with E-state index in [0.29, 0.717) is 0 Å². The third-order valence-electron chi connectivity index (χ3n) is 5.22. The van der Waals surface area contributed by atoms with Crippen molar-refractivity contribution in [3.05, 3.63) is 29.8 Å². The van der Waals surface area contributed by atoms with E-state index < -0.39 is 0 Å². The summed E-state index contributed by atoms with van der Waals surface area (Å²) in [6.45, 7) is 5.48. The number of hydrogen-bond acceptors (Lipinski definition) is 2. The van der Waals surface area contributed by atoms with Gasteiger partial charge in [0.15, 0.2) is 0 Å². The third-order valence-corrected chi connectivity index (χ3v) is 5.22. The monoisotopic (exact) mass is 275 g/mol. The number of para-hydroxylation sites is 1. The van der Waals surface area contributed by atoms with E-state index in [0.717, 1.165) is 30.6 Å². The summed E-state index contributed by atoms with van der Waals surface area (Å²) in [5.41, 5.74) is 7.74. The van der Waals surface area contributed by atoms with Gasteiger partial charge in [0.25, 0.3) is 0 Å². The van der Waals surface area contributed by atoms with E-state index in [4.69, 9.17) is 10.5 Å². The highest BCUT2D eigenvalue weighted by Gasteiger charge is 2.35. The van der Waals surface area contributed by atoms with Crippen molar-refractivity contribution in [2.24, 2.45) is 23.0 Å². The standard InChI is InChI=1S/C18H29NO/c1-14(2)15-8-10-18(13-19,11-9-15)12-16-6-4-5-7-17(16)20-3/h4-7,14-15H,8-13,19H2,1-3H3. The van der Waals surface area contributed by atoms with E-state index in [1.54, 1.807) is 7.11 Å². The van der Waals surface area contributed by atoms with Gasteiger partial charge >= 0.3 is 0 Å². The zero-order valence-electron chi connectivity index (χ0n) is 13.2. The van der Waals surface area contributed by atoms with Crippen LogP contribution in [-0.4, -0.2) is 13.7 Å². The molecule has 0 bridgehead atoms. The first-order valence-electron chi connectivity index (χ1n) is 7.92. The van der Waals surface area contributed by atoms with Crippen LogP contribution in [-0.2, 0) is 6.42 Å². The van der Waals surface area contributed by atoms with Crippen molar-refractivity contribution in [1.29, 1.82) is 0 Å². The number of hydrogen-bond donors (Lipinski definition) is 1. The van der Waals surface area contributed by atoms with Gasteiger partial charge in [-0.3, -0.25) is 0 Å². The van der Waals surface area contributed by atoms with E-state index in [1.165, 1.54) is 31.2 Å². The molecule has 1 aromatic carbocycles. The average molecular weight is 275 g/mol. The Morgan fingerprint density at radius 3 is 2.45 bits per heavy atom. The Kier molecular flexibility index (Phi) is 5.09. The first-order chi connectivity index (χ1) is 9.60. The summed E-state index contributed by atoms with van der Waals surface area (Å²) in [6, 6.07) is 8.37. The van der Waals surface area contributed by atoms with Gasteiger partial charge in [0.1, 0.15) is 5.75 Å². The Morgan fingerprint density at radius 1 is 1.25 bits per heavy atom. The van der Waals surface area contributed by atoms with Crippen LogP contribution < -0.4 is 10.5 Å². The summed E-state index contributed by atoms with van der Waals surface area (Å²) in [7, 11) is 1.75. The number of methoxy groups -OCH3 is 1. The van der Waals surface area contributed by atoms with Crippen molar-refractivity contribution in [3.8, 4) is 5.75 Å². The predicted octanol–water partition coefficient (Wildman–Crippen LogP) is 4.03. The summed E-state index contributed by atoms with van der Waals surface area (Å²) in [5, 5.41) is 0. The maximum absolute atomic E-state index is 6.16. The maximum atomic E-state index is 6.16. The molecule has 0 saturated heterocycles. The molecule has 0 amide bonds. The molecule has 0 radical (unpaired) electrons. The van der Waals surface area contributed by atoms with E-state index >= 15 is 0 Å². The van der Waals surface area contributed by atoms with Gasteiger partial charge in [-0.25, -0.2) is 0 Å². The lowest BCUT2D eigenvalue weighted by Crippen LogP contribution is -2.37. The van der Waals surface area contributed by atoms with E-state index in [1.807, 2.05) is 6.07 Å². The average Bonchev–Trinajstić information content (AvgIpc) is 2.48. The highest BCUT2D eigenvalue weighted by Crippen LogP contribution is 2.43. The number of ether oxygens (including phenoxy) is 1. The van der Waals surface area contributed by atoms with E-state index in [2.05, 4.69) is 32.0 Å². The Bertz CT molecular complexity index is 419. The molecular weight excluding hydrogens is 246 g/mol. The first kappa shape index (κ1) is 15.4. The van der Waals surface area contributed by atoms with Crippen LogP contribution in [0.2, 0.25) is 0 Å².